The highest BCUT2D eigenvalue weighted by Gasteiger charge is 2.09. The predicted octanol–water partition coefficient (Wildman–Crippen LogP) is 2.58. The van der Waals surface area contributed by atoms with Crippen molar-refractivity contribution in [2.45, 2.75) is 39.7 Å². The molecular formula is C15H21NO2. The number of hydrogen-bond acceptors (Lipinski definition) is 2. The van der Waals surface area contributed by atoms with E-state index in [1.54, 1.807) is 11.9 Å². The first-order chi connectivity index (χ1) is 8.52. The van der Waals surface area contributed by atoms with Gasteiger partial charge in [0.25, 0.3) is 0 Å². The van der Waals surface area contributed by atoms with Crippen LogP contribution in [0.25, 0.3) is 0 Å². The first-order valence-electron chi connectivity index (χ1n) is 6.34. The molecule has 18 heavy (non-hydrogen) atoms. The summed E-state index contributed by atoms with van der Waals surface area (Å²) in [6.45, 7) is 4.23. The van der Waals surface area contributed by atoms with Crippen LogP contribution < -0.4 is 0 Å². The predicted molar refractivity (Wildman–Crippen MR) is 72.2 cm³/mol. The quantitative estimate of drug-likeness (QED) is 0.774. The molecule has 0 heterocycles. The fourth-order valence-corrected chi connectivity index (χ4v) is 1.72. The van der Waals surface area contributed by atoms with Crippen LogP contribution >= 0.6 is 0 Å². The maximum absolute atomic E-state index is 11.7. The molecule has 0 aliphatic rings. The summed E-state index contributed by atoms with van der Waals surface area (Å²) in [7, 11) is 1.77. The van der Waals surface area contributed by atoms with Crippen LogP contribution in [0.1, 0.15) is 37.8 Å². The highest BCUT2D eigenvalue weighted by atomic mass is 16.2. The van der Waals surface area contributed by atoms with Crippen LogP contribution in [-0.4, -0.2) is 23.6 Å². The number of benzene rings is 1. The van der Waals surface area contributed by atoms with E-state index in [-0.39, 0.29) is 11.7 Å². The van der Waals surface area contributed by atoms with E-state index in [0.29, 0.717) is 19.4 Å². The first-order valence-corrected chi connectivity index (χ1v) is 6.34. The van der Waals surface area contributed by atoms with Crippen LogP contribution in [0.2, 0.25) is 0 Å². The number of Topliss-reactive ketones (excluding diaryl/α,β-unsaturated/α-hetero) is 1. The normalized spacial score (nSPS) is 10.2. The Morgan fingerprint density at radius 3 is 2.11 bits per heavy atom. The van der Waals surface area contributed by atoms with Crippen LogP contribution in [0.5, 0.6) is 0 Å². The lowest BCUT2D eigenvalue weighted by molar-refractivity contribution is -0.132. The van der Waals surface area contributed by atoms with Gasteiger partial charge in [-0.05, 0) is 24.5 Å². The zero-order valence-electron chi connectivity index (χ0n) is 11.4. The summed E-state index contributed by atoms with van der Waals surface area (Å²) in [5.74, 6) is 0.0776. The molecule has 0 atom stereocenters. The van der Waals surface area contributed by atoms with Gasteiger partial charge in [0.1, 0.15) is 5.78 Å². The Hall–Kier alpha value is -1.64. The zero-order valence-corrected chi connectivity index (χ0v) is 11.4. The van der Waals surface area contributed by atoms with Crippen LogP contribution in [0.4, 0.5) is 0 Å². The van der Waals surface area contributed by atoms with Crippen LogP contribution in [0.3, 0.4) is 0 Å². The molecule has 3 nitrogen and oxygen atoms in total. The fraction of sp³-hybridized carbons (Fsp3) is 0.467. The number of hydrogen-bond donors (Lipinski definition) is 0. The van der Waals surface area contributed by atoms with Gasteiger partial charge in [0, 0.05) is 26.4 Å². The van der Waals surface area contributed by atoms with Crippen LogP contribution in [0, 0.1) is 0 Å². The zero-order chi connectivity index (χ0) is 13.5. The Morgan fingerprint density at radius 2 is 1.61 bits per heavy atom. The molecule has 0 fully saturated rings. The maximum atomic E-state index is 11.7. The molecule has 1 aromatic rings. The smallest absolute Gasteiger partial charge is 0.223 e. The van der Waals surface area contributed by atoms with E-state index in [1.165, 1.54) is 12.5 Å². The minimum atomic E-state index is 0.0183. The third-order valence-corrected chi connectivity index (χ3v) is 2.97. The third-order valence-electron chi connectivity index (χ3n) is 2.97. The molecular weight excluding hydrogens is 226 g/mol. The third kappa shape index (κ3) is 4.70. The summed E-state index contributed by atoms with van der Waals surface area (Å²) in [4.78, 5) is 24.2. The van der Waals surface area contributed by atoms with Crippen molar-refractivity contribution in [3.8, 4) is 0 Å². The lowest BCUT2D eigenvalue weighted by Gasteiger charge is -2.17. The molecule has 1 amide bonds. The van der Waals surface area contributed by atoms with E-state index in [4.69, 9.17) is 0 Å². The van der Waals surface area contributed by atoms with Gasteiger partial charge in [-0.2, -0.15) is 0 Å². The van der Waals surface area contributed by atoms with Crippen molar-refractivity contribution in [1.29, 1.82) is 0 Å². The fourth-order valence-electron chi connectivity index (χ4n) is 1.72. The SMILES string of the molecule is CCc1ccc(CN(C)C(=O)CCC(C)=O)cc1. The van der Waals surface area contributed by atoms with Gasteiger partial charge in [0.2, 0.25) is 5.91 Å². The van der Waals surface area contributed by atoms with Gasteiger partial charge >= 0.3 is 0 Å². The summed E-state index contributed by atoms with van der Waals surface area (Å²) in [6.07, 6.45) is 1.66. The molecule has 98 valence electrons. The second kappa shape index (κ2) is 6.94. The maximum Gasteiger partial charge on any atom is 0.223 e. The number of nitrogens with zero attached hydrogens (tertiary/aromatic N) is 1. The summed E-state index contributed by atoms with van der Waals surface area (Å²) >= 11 is 0. The highest BCUT2D eigenvalue weighted by Crippen LogP contribution is 2.08. The number of carbonyl (C=O) groups excluding carboxylic acids is 2. The molecule has 0 bridgehead atoms. The molecule has 0 unspecified atom stereocenters. The summed E-state index contributed by atoms with van der Waals surface area (Å²) < 4.78 is 0. The van der Waals surface area contributed by atoms with Gasteiger partial charge < -0.3 is 9.69 Å². The van der Waals surface area contributed by atoms with Crippen LogP contribution in [0.15, 0.2) is 24.3 Å². The Labute approximate surface area is 109 Å². The lowest BCUT2D eigenvalue weighted by Crippen LogP contribution is -2.26. The Morgan fingerprint density at radius 1 is 1.06 bits per heavy atom. The Bertz CT molecular complexity index is 409. The van der Waals surface area contributed by atoms with Crippen molar-refractivity contribution in [3.63, 3.8) is 0 Å². The molecule has 1 aromatic carbocycles. The van der Waals surface area contributed by atoms with Gasteiger partial charge in [0.05, 0.1) is 0 Å². The molecule has 0 aliphatic heterocycles. The first kappa shape index (κ1) is 14.4. The molecule has 0 saturated carbocycles. The standard InChI is InChI=1S/C15H21NO2/c1-4-13-6-8-14(9-7-13)11-16(3)15(18)10-5-12(2)17/h6-9H,4-5,10-11H2,1-3H3. The number of carbonyl (C=O) groups is 2. The Balaban J connectivity index is 2.49. The summed E-state index contributed by atoms with van der Waals surface area (Å²) in [6, 6.07) is 8.27. The minimum Gasteiger partial charge on any atom is -0.341 e. The van der Waals surface area contributed by atoms with E-state index in [1.807, 2.05) is 12.1 Å². The second-order valence-electron chi connectivity index (χ2n) is 4.62. The average Bonchev–Trinajstić information content (AvgIpc) is 2.36. The van der Waals surface area contributed by atoms with Crippen molar-refractivity contribution in [2.75, 3.05) is 7.05 Å². The summed E-state index contributed by atoms with van der Waals surface area (Å²) in [5.41, 5.74) is 2.41. The monoisotopic (exact) mass is 247 g/mol. The Kier molecular flexibility index (Phi) is 5.56. The van der Waals surface area contributed by atoms with Crippen LogP contribution in [-0.2, 0) is 22.6 Å². The van der Waals surface area contributed by atoms with Crippen molar-refractivity contribution < 1.29 is 9.59 Å². The molecule has 0 aromatic heterocycles. The minimum absolute atomic E-state index is 0.0183. The molecule has 0 radical (unpaired) electrons. The van der Waals surface area contributed by atoms with Crippen molar-refractivity contribution >= 4 is 11.7 Å². The number of aryl methyl sites for hydroxylation is 1. The summed E-state index contributed by atoms with van der Waals surface area (Å²) in [5, 5.41) is 0. The van der Waals surface area contributed by atoms with E-state index in [2.05, 4.69) is 19.1 Å². The molecule has 3 heteroatoms. The van der Waals surface area contributed by atoms with E-state index in [0.717, 1.165) is 12.0 Å². The van der Waals surface area contributed by atoms with Crippen molar-refractivity contribution in [2.24, 2.45) is 0 Å². The molecule has 0 N–H and O–H groups in total. The topological polar surface area (TPSA) is 37.4 Å². The van der Waals surface area contributed by atoms with Gasteiger partial charge in [-0.1, -0.05) is 31.2 Å². The van der Waals surface area contributed by atoms with E-state index < -0.39 is 0 Å². The van der Waals surface area contributed by atoms with Gasteiger partial charge in [-0.3, -0.25) is 4.79 Å². The lowest BCUT2D eigenvalue weighted by atomic mass is 10.1. The second-order valence-corrected chi connectivity index (χ2v) is 4.62. The molecule has 0 aliphatic carbocycles. The average molecular weight is 247 g/mol. The number of amides is 1. The van der Waals surface area contributed by atoms with Crippen molar-refractivity contribution in [1.82, 2.24) is 4.90 Å². The van der Waals surface area contributed by atoms with Gasteiger partial charge in [0.15, 0.2) is 0 Å². The van der Waals surface area contributed by atoms with Gasteiger partial charge in [-0.25, -0.2) is 0 Å². The molecule has 0 spiro atoms. The van der Waals surface area contributed by atoms with E-state index in [9.17, 15) is 9.59 Å². The van der Waals surface area contributed by atoms with Gasteiger partial charge in [-0.15, -0.1) is 0 Å². The van der Waals surface area contributed by atoms with E-state index >= 15 is 0 Å². The highest BCUT2D eigenvalue weighted by molar-refractivity contribution is 5.83. The molecule has 0 saturated heterocycles. The molecule has 1 rings (SSSR count). The largest absolute Gasteiger partial charge is 0.341 e. The number of ketones is 1. The van der Waals surface area contributed by atoms with Crippen molar-refractivity contribution in [3.05, 3.63) is 35.4 Å². The number of rotatable bonds is 6.